The third-order valence-electron chi connectivity index (χ3n) is 3.53. The Morgan fingerprint density at radius 3 is 2.67 bits per heavy atom. The zero-order valence-corrected chi connectivity index (χ0v) is 5.80. The first kappa shape index (κ1) is 4.54. The summed E-state index contributed by atoms with van der Waals surface area (Å²) in [6, 6.07) is 0. The quantitative estimate of drug-likeness (QED) is 0.430. The van der Waals surface area contributed by atoms with Gasteiger partial charge in [0.15, 0.2) is 0 Å². The topological polar surface area (TPSA) is 0 Å². The smallest absolute Gasteiger partial charge is 0.0165 e. The molecule has 4 unspecified atom stereocenters. The van der Waals surface area contributed by atoms with E-state index in [0.29, 0.717) is 0 Å². The Balaban J connectivity index is 2.07. The first-order valence-corrected chi connectivity index (χ1v) is 4.07. The molecule has 2 saturated carbocycles. The van der Waals surface area contributed by atoms with Crippen molar-refractivity contribution in [1.82, 2.24) is 0 Å². The van der Waals surface area contributed by atoms with E-state index < -0.39 is 0 Å². The molecular weight excluding hydrogens is 108 g/mol. The van der Waals surface area contributed by atoms with Gasteiger partial charge >= 0.3 is 0 Å². The molecule has 9 heavy (non-hydrogen) atoms. The Hall–Kier alpha value is -0.260. The third-order valence-corrected chi connectivity index (χ3v) is 3.53. The summed E-state index contributed by atoms with van der Waals surface area (Å²) in [5.41, 5.74) is 1.78. The molecule has 0 heterocycles. The number of hydrogen-bond donors (Lipinski definition) is 0. The summed E-state index contributed by atoms with van der Waals surface area (Å²) in [5, 5.41) is 0. The molecule has 0 radical (unpaired) electrons. The van der Waals surface area contributed by atoms with Gasteiger partial charge in [-0.25, -0.2) is 0 Å². The van der Waals surface area contributed by atoms with E-state index in [9.17, 15) is 0 Å². The van der Waals surface area contributed by atoms with E-state index in [1.165, 1.54) is 12.8 Å². The van der Waals surface area contributed by atoms with Crippen LogP contribution in [-0.2, 0) is 0 Å². The van der Waals surface area contributed by atoms with Crippen molar-refractivity contribution in [3.05, 3.63) is 11.6 Å². The second kappa shape index (κ2) is 1.12. The normalized spacial score (nSPS) is 59.4. The summed E-state index contributed by atoms with van der Waals surface area (Å²) in [6.07, 6.45) is 5.54. The summed E-state index contributed by atoms with van der Waals surface area (Å²) in [7, 11) is 0. The van der Waals surface area contributed by atoms with Crippen LogP contribution in [0.25, 0.3) is 0 Å². The minimum atomic E-state index is 0.949. The van der Waals surface area contributed by atoms with Gasteiger partial charge in [-0.1, -0.05) is 18.6 Å². The standard InChI is InChI=1S/C9H12/c1-5-2-7-8-3-6(5)4-9(7)8/h3,5,7-9H,2,4H2,1H3. The average molecular weight is 120 g/mol. The van der Waals surface area contributed by atoms with Crippen LogP contribution in [0, 0.1) is 23.7 Å². The van der Waals surface area contributed by atoms with Gasteiger partial charge in [0.25, 0.3) is 0 Å². The number of fused-ring (bicyclic) bond motifs is 1. The minimum Gasteiger partial charge on any atom is -0.0813 e. The summed E-state index contributed by atoms with van der Waals surface area (Å²) >= 11 is 0. The van der Waals surface area contributed by atoms with Crippen molar-refractivity contribution in [2.45, 2.75) is 19.8 Å². The van der Waals surface area contributed by atoms with E-state index in [-0.39, 0.29) is 0 Å². The molecule has 4 aliphatic rings. The molecule has 4 atom stereocenters. The van der Waals surface area contributed by atoms with Crippen LogP contribution in [-0.4, -0.2) is 0 Å². The maximum Gasteiger partial charge on any atom is -0.0165 e. The largest absolute Gasteiger partial charge is 0.0813 e. The van der Waals surface area contributed by atoms with Crippen LogP contribution in [0.5, 0.6) is 0 Å². The van der Waals surface area contributed by atoms with Crippen LogP contribution in [0.2, 0.25) is 0 Å². The number of hydrogen-bond acceptors (Lipinski definition) is 0. The number of allylic oxidation sites excluding steroid dienone is 2. The highest BCUT2D eigenvalue weighted by Gasteiger charge is 2.56. The monoisotopic (exact) mass is 120 g/mol. The molecule has 0 amide bonds. The first-order valence-electron chi connectivity index (χ1n) is 4.07. The highest BCUT2D eigenvalue weighted by Crippen LogP contribution is 2.64. The maximum absolute atomic E-state index is 2.56. The van der Waals surface area contributed by atoms with Crippen molar-refractivity contribution in [3.8, 4) is 0 Å². The predicted octanol–water partition coefficient (Wildman–Crippen LogP) is 2.22. The molecule has 0 nitrogen and oxygen atoms in total. The second-order valence-corrected chi connectivity index (χ2v) is 3.99. The van der Waals surface area contributed by atoms with Crippen molar-refractivity contribution in [1.29, 1.82) is 0 Å². The fourth-order valence-corrected chi connectivity index (χ4v) is 2.85. The van der Waals surface area contributed by atoms with Crippen LogP contribution in [0.1, 0.15) is 19.8 Å². The molecule has 2 fully saturated rings. The Morgan fingerprint density at radius 1 is 1.44 bits per heavy atom. The Labute approximate surface area is 56.0 Å². The van der Waals surface area contributed by atoms with Gasteiger partial charge in [0.05, 0.1) is 0 Å². The lowest BCUT2D eigenvalue weighted by molar-refractivity contribution is 0.451. The fourth-order valence-electron chi connectivity index (χ4n) is 2.85. The van der Waals surface area contributed by atoms with Crippen LogP contribution in [0.15, 0.2) is 11.6 Å². The molecular formula is C9H12. The van der Waals surface area contributed by atoms with Gasteiger partial charge in [-0.3, -0.25) is 0 Å². The molecule has 4 rings (SSSR count). The van der Waals surface area contributed by atoms with Gasteiger partial charge in [0, 0.05) is 0 Å². The van der Waals surface area contributed by atoms with Gasteiger partial charge in [0.2, 0.25) is 0 Å². The van der Waals surface area contributed by atoms with E-state index in [1.54, 1.807) is 5.57 Å². The SMILES string of the molecule is CC1CC2C3C=C1CC32. The average Bonchev–Trinajstić information content (AvgIpc) is 2.43. The van der Waals surface area contributed by atoms with E-state index >= 15 is 0 Å². The summed E-state index contributed by atoms with van der Waals surface area (Å²) in [6.45, 7) is 2.39. The van der Waals surface area contributed by atoms with Gasteiger partial charge in [-0.15, -0.1) is 0 Å². The predicted molar refractivity (Wildman–Crippen MR) is 37.0 cm³/mol. The zero-order valence-electron chi connectivity index (χ0n) is 5.80. The summed E-state index contributed by atoms with van der Waals surface area (Å²) in [4.78, 5) is 0. The second-order valence-electron chi connectivity index (χ2n) is 3.99. The Bertz CT molecular complexity index is 190. The van der Waals surface area contributed by atoms with Crippen molar-refractivity contribution in [2.75, 3.05) is 0 Å². The van der Waals surface area contributed by atoms with E-state index in [1.807, 2.05) is 0 Å². The maximum atomic E-state index is 2.56. The van der Waals surface area contributed by atoms with Crippen LogP contribution >= 0.6 is 0 Å². The molecule has 0 aromatic heterocycles. The van der Waals surface area contributed by atoms with E-state index in [0.717, 1.165) is 23.7 Å². The molecule has 0 heteroatoms. The van der Waals surface area contributed by atoms with Gasteiger partial charge < -0.3 is 0 Å². The van der Waals surface area contributed by atoms with Gasteiger partial charge in [-0.2, -0.15) is 0 Å². The lowest BCUT2D eigenvalue weighted by Gasteiger charge is -2.21. The van der Waals surface area contributed by atoms with Crippen LogP contribution in [0.3, 0.4) is 0 Å². The summed E-state index contributed by atoms with van der Waals surface area (Å²) < 4.78 is 0. The van der Waals surface area contributed by atoms with Crippen molar-refractivity contribution < 1.29 is 0 Å². The van der Waals surface area contributed by atoms with E-state index in [2.05, 4.69) is 13.0 Å². The number of rotatable bonds is 0. The van der Waals surface area contributed by atoms with Crippen LogP contribution in [0.4, 0.5) is 0 Å². The summed E-state index contributed by atoms with van der Waals surface area (Å²) in [5.74, 6) is 4.29. The van der Waals surface area contributed by atoms with Crippen molar-refractivity contribution >= 4 is 0 Å². The van der Waals surface area contributed by atoms with Gasteiger partial charge in [0.1, 0.15) is 0 Å². The molecule has 4 aliphatic carbocycles. The Kier molecular flexibility index (Phi) is 0.564. The first-order chi connectivity index (χ1) is 4.36. The molecule has 0 aromatic rings. The fraction of sp³-hybridized carbons (Fsp3) is 0.778. The molecule has 0 N–H and O–H groups in total. The molecule has 0 aromatic carbocycles. The van der Waals surface area contributed by atoms with E-state index in [4.69, 9.17) is 0 Å². The highest BCUT2D eigenvalue weighted by atomic mass is 14.6. The molecule has 0 spiro atoms. The lowest BCUT2D eigenvalue weighted by Crippen LogP contribution is -2.09. The molecule has 48 valence electrons. The van der Waals surface area contributed by atoms with Crippen molar-refractivity contribution in [3.63, 3.8) is 0 Å². The molecule has 0 saturated heterocycles. The van der Waals surface area contributed by atoms with Crippen LogP contribution < -0.4 is 0 Å². The van der Waals surface area contributed by atoms with Crippen molar-refractivity contribution in [2.24, 2.45) is 23.7 Å². The molecule has 0 aliphatic heterocycles. The molecule has 4 bridgehead atoms. The zero-order chi connectivity index (χ0) is 6.01. The minimum absolute atomic E-state index is 0.949. The Morgan fingerprint density at radius 2 is 2.33 bits per heavy atom. The third kappa shape index (κ3) is 0.385. The lowest BCUT2D eigenvalue weighted by atomic mass is 9.84. The highest BCUT2D eigenvalue weighted by molar-refractivity contribution is 5.30. The van der Waals surface area contributed by atoms with Gasteiger partial charge in [-0.05, 0) is 36.5 Å².